The molecule has 2 aromatic carbocycles. The van der Waals surface area contributed by atoms with Gasteiger partial charge in [-0.05, 0) is 55.0 Å². The van der Waals surface area contributed by atoms with E-state index in [0.717, 1.165) is 11.3 Å². The van der Waals surface area contributed by atoms with Gasteiger partial charge < -0.3 is 9.42 Å². The van der Waals surface area contributed by atoms with Crippen LogP contribution in [-0.4, -0.2) is 22.6 Å². The summed E-state index contributed by atoms with van der Waals surface area (Å²) in [5.41, 5.74) is 2.43. The second-order valence-corrected chi connectivity index (χ2v) is 6.74. The molecule has 1 aliphatic heterocycles. The molecule has 1 amide bonds. The van der Waals surface area contributed by atoms with E-state index in [1.807, 2.05) is 19.1 Å². The van der Waals surface area contributed by atoms with Crippen LogP contribution in [0.15, 0.2) is 47.0 Å². The van der Waals surface area contributed by atoms with Crippen LogP contribution in [0.3, 0.4) is 0 Å². The summed E-state index contributed by atoms with van der Waals surface area (Å²) in [7, 11) is 0. The lowest BCUT2D eigenvalue weighted by atomic mass is 10.1. The lowest BCUT2D eigenvalue weighted by Crippen LogP contribution is -2.25. The topological polar surface area (TPSA) is 59.2 Å². The highest BCUT2D eigenvalue weighted by Crippen LogP contribution is 2.34. The molecule has 0 bridgehead atoms. The van der Waals surface area contributed by atoms with Crippen molar-refractivity contribution in [3.8, 4) is 11.4 Å². The van der Waals surface area contributed by atoms with Crippen molar-refractivity contribution in [2.24, 2.45) is 0 Å². The third kappa shape index (κ3) is 3.08. The van der Waals surface area contributed by atoms with Gasteiger partial charge in [0.15, 0.2) is 0 Å². The fraction of sp³-hybridized carbons (Fsp3) is 0.211. The van der Waals surface area contributed by atoms with Gasteiger partial charge in [-0.15, -0.1) is 0 Å². The van der Waals surface area contributed by atoms with Crippen molar-refractivity contribution >= 4 is 23.2 Å². The first-order chi connectivity index (χ1) is 12.5. The number of hydrogen-bond donors (Lipinski definition) is 0. The molecule has 1 fully saturated rings. The number of hydrogen-bond acceptors (Lipinski definition) is 4. The Bertz CT molecular complexity index is 971. The first-order valence-electron chi connectivity index (χ1n) is 8.17. The zero-order chi connectivity index (χ0) is 18.3. The molecule has 4 rings (SSSR count). The third-order valence-corrected chi connectivity index (χ3v) is 4.70. The molecule has 0 radical (unpaired) electrons. The third-order valence-electron chi connectivity index (χ3n) is 4.47. The second-order valence-electron chi connectivity index (χ2n) is 6.30. The van der Waals surface area contributed by atoms with Crippen molar-refractivity contribution in [3.63, 3.8) is 0 Å². The molecular formula is C19H15ClFN3O2. The van der Waals surface area contributed by atoms with Crippen LogP contribution < -0.4 is 4.90 Å². The van der Waals surface area contributed by atoms with Crippen LogP contribution in [0.5, 0.6) is 0 Å². The molecule has 0 spiro atoms. The fourth-order valence-electron chi connectivity index (χ4n) is 3.14. The molecule has 0 N–H and O–H groups in total. The van der Waals surface area contributed by atoms with E-state index in [1.165, 1.54) is 12.1 Å². The van der Waals surface area contributed by atoms with Crippen LogP contribution in [0.1, 0.15) is 23.8 Å². The summed E-state index contributed by atoms with van der Waals surface area (Å²) in [5.74, 6) is 0.287. The average molecular weight is 372 g/mol. The number of aryl methyl sites for hydroxylation is 1. The van der Waals surface area contributed by atoms with Crippen LogP contribution in [0.4, 0.5) is 10.1 Å². The van der Waals surface area contributed by atoms with E-state index in [2.05, 4.69) is 10.1 Å². The number of amides is 1. The van der Waals surface area contributed by atoms with Crippen LogP contribution in [0, 0.1) is 12.7 Å². The Balaban J connectivity index is 1.56. The van der Waals surface area contributed by atoms with E-state index < -0.39 is 0 Å². The molecule has 132 valence electrons. The summed E-state index contributed by atoms with van der Waals surface area (Å²) in [6.45, 7) is 2.38. The Labute approximate surface area is 154 Å². The summed E-state index contributed by atoms with van der Waals surface area (Å²) < 4.78 is 18.4. The first kappa shape index (κ1) is 16.7. The van der Waals surface area contributed by atoms with Crippen molar-refractivity contribution < 1.29 is 13.7 Å². The Kier molecular flexibility index (Phi) is 4.20. The van der Waals surface area contributed by atoms with E-state index in [9.17, 15) is 9.18 Å². The molecule has 3 aromatic rings. The standard InChI is InChI=1S/C19H15ClFN3O2/c1-11-8-14(20)4-7-16(11)24-10-13(9-17(24)25)19-22-18(23-26-19)12-2-5-15(21)6-3-12/h2-8,13H,9-10H2,1H3. The Hall–Kier alpha value is -2.73. The lowest BCUT2D eigenvalue weighted by Gasteiger charge is -2.18. The summed E-state index contributed by atoms with van der Waals surface area (Å²) >= 11 is 6.00. The highest BCUT2D eigenvalue weighted by atomic mass is 35.5. The van der Waals surface area contributed by atoms with Gasteiger partial charge in [0.05, 0.1) is 5.92 Å². The highest BCUT2D eigenvalue weighted by Gasteiger charge is 2.35. The van der Waals surface area contributed by atoms with Gasteiger partial charge in [-0.2, -0.15) is 4.98 Å². The molecule has 7 heteroatoms. The maximum atomic E-state index is 13.0. The number of halogens is 2. The molecule has 1 saturated heterocycles. The molecule has 1 atom stereocenters. The van der Waals surface area contributed by atoms with Gasteiger partial charge in [0.2, 0.25) is 17.6 Å². The largest absolute Gasteiger partial charge is 0.339 e. The van der Waals surface area contributed by atoms with Crippen LogP contribution >= 0.6 is 11.6 Å². The number of benzene rings is 2. The average Bonchev–Trinajstić information content (AvgIpc) is 3.23. The maximum Gasteiger partial charge on any atom is 0.232 e. The lowest BCUT2D eigenvalue weighted by molar-refractivity contribution is -0.117. The zero-order valence-corrected chi connectivity index (χ0v) is 14.7. The van der Waals surface area contributed by atoms with E-state index in [1.54, 1.807) is 23.1 Å². The molecule has 2 heterocycles. The van der Waals surface area contributed by atoms with Crippen molar-refractivity contribution in [2.45, 2.75) is 19.3 Å². The fourth-order valence-corrected chi connectivity index (χ4v) is 3.37. The van der Waals surface area contributed by atoms with E-state index in [4.69, 9.17) is 16.1 Å². The van der Waals surface area contributed by atoms with Gasteiger partial charge in [-0.1, -0.05) is 16.8 Å². The SMILES string of the molecule is Cc1cc(Cl)ccc1N1CC(c2nc(-c3ccc(F)cc3)no2)CC1=O. The summed E-state index contributed by atoms with van der Waals surface area (Å²) in [4.78, 5) is 18.6. The number of anilines is 1. The zero-order valence-electron chi connectivity index (χ0n) is 13.9. The quantitative estimate of drug-likeness (QED) is 0.686. The van der Waals surface area contributed by atoms with Gasteiger partial charge in [0, 0.05) is 29.2 Å². The number of carbonyl (C=O) groups excluding carboxylic acids is 1. The van der Waals surface area contributed by atoms with Gasteiger partial charge in [0.1, 0.15) is 5.82 Å². The molecule has 0 aliphatic carbocycles. The summed E-state index contributed by atoms with van der Waals surface area (Å²) in [6, 6.07) is 11.3. The van der Waals surface area contributed by atoms with Crippen molar-refractivity contribution in [2.75, 3.05) is 11.4 Å². The minimum atomic E-state index is -0.326. The number of aromatic nitrogens is 2. The summed E-state index contributed by atoms with van der Waals surface area (Å²) in [5, 5.41) is 4.59. The van der Waals surface area contributed by atoms with Crippen molar-refractivity contribution in [1.29, 1.82) is 0 Å². The Morgan fingerprint density at radius 3 is 2.73 bits per heavy atom. The van der Waals surface area contributed by atoms with Crippen LogP contribution in [-0.2, 0) is 4.79 Å². The summed E-state index contributed by atoms with van der Waals surface area (Å²) in [6.07, 6.45) is 0.299. The predicted octanol–water partition coefficient (Wildman–Crippen LogP) is 4.36. The minimum absolute atomic E-state index is 0.00181. The monoisotopic (exact) mass is 371 g/mol. The Morgan fingerprint density at radius 2 is 2.00 bits per heavy atom. The number of nitrogens with zero attached hydrogens (tertiary/aromatic N) is 3. The predicted molar refractivity (Wildman–Crippen MR) is 95.6 cm³/mol. The maximum absolute atomic E-state index is 13.0. The Morgan fingerprint density at radius 1 is 1.23 bits per heavy atom. The highest BCUT2D eigenvalue weighted by molar-refractivity contribution is 6.30. The number of rotatable bonds is 3. The molecular weight excluding hydrogens is 357 g/mol. The van der Waals surface area contributed by atoms with Crippen molar-refractivity contribution in [3.05, 3.63) is 64.8 Å². The van der Waals surface area contributed by atoms with Crippen LogP contribution in [0.2, 0.25) is 5.02 Å². The first-order valence-corrected chi connectivity index (χ1v) is 8.55. The molecule has 5 nitrogen and oxygen atoms in total. The normalized spacial score (nSPS) is 17.1. The molecule has 26 heavy (non-hydrogen) atoms. The van der Waals surface area contributed by atoms with Gasteiger partial charge >= 0.3 is 0 Å². The van der Waals surface area contributed by atoms with E-state index in [-0.39, 0.29) is 17.6 Å². The van der Waals surface area contributed by atoms with Crippen molar-refractivity contribution in [1.82, 2.24) is 10.1 Å². The molecule has 1 aromatic heterocycles. The molecule has 1 unspecified atom stereocenters. The van der Waals surface area contributed by atoms with Gasteiger partial charge in [0.25, 0.3) is 0 Å². The van der Waals surface area contributed by atoms with Gasteiger partial charge in [-0.25, -0.2) is 4.39 Å². The van der Waals surface area contributed by atoms with E-state index in [0.29, 0.717) is 35.3 Å². The van der Waals surface area contributed by atoms with E-state index >= 15 is 0 Å². The van der Waals surface area contributed by atoms with Crippen LogP contribution in [0.25, 0.3) is 11.4 Å². The smallest absolute Gasteiger partial charge is 0.232 e. The molecule has 0 saturated carbocycles. The second kappa shape index (κ2) is 6.53. The molecule has 1 aliphatic rings. The van der Waals surface area contributed by atoms with Gasteiger partial charge in [-0.3, -0.25) is 4.79 Å². The number of carbonyl (C=O) groups is 1. The minimum Gasteiger partial charge on any atom is -0.339 e.